The van der Waals surface area contributed by atoms with Crippen LogP contribution in [-0.2, 0) is 4.79 Å². The Labute approximate surface area is 121 Å². The first-order chi connectivity index (χ1) is 9.58. The Morgan fingerprint density at radius 2 is 1.95 bits per heavy atom. The largest absolute Gasteiger partial charge is 0.353 e. The number of amides is 1. The molecule has 2 rings (SSSR count). The zero-order valence-electron chi connectivity index (χ0n) is 11.6. The summed E-state index contributed by atoms with van der Waals surface area (Å²) in [6, 6.07) is 9.72. The van der Waals surface area contributed by atoms with Crippen LogP contribution in [0.25, 0.3) is 5.69 Å². The fourth-order valence-electron chi connectivity index (χ4n) is 1.60. The second-order valence-corrected chi connectivity index (χ2v) is 5.94. The maximum absolute atomic E-state index is 11.9. The summed E-state index contributed by atoms with van der Waals surface area (Å²) in [7, 11) is 0. The molecule has 2 aromatic rings. The summed E-state index contributed by atoms with van der Waals surface area (Å²) in [4.78, 5) is 11.9. The third kappa shape index (κ3) is 3.57. The molecule has 7 heteroatoms. The summed E-state index contributed by atoms with van der Waals surface area (Å²) < 4.78 is 1.63. The van der Waals surface area contributed by atoms with Gasteiger partial charge in [-0.2, -0.15) is 4.68 Å². The van der Waals surface area contributed by atoms with E-state index in [9.17, 15) is 4.79 Å². The number of aromatic nitrogens is 4. The van der Waals surface area contributed by atoms with Gasteiger partial charge in [-0.25, -0.2) is 0 Å². The molecule has 1 atom stereocenters. The minimum absolute atomic E-state index is 0.0207. The van der Waals surface area contributed by atoms with Crippen LogP contribution in [0.5, 0.6) is 0 Å². The van der Waals surface area contributed by atoms with E-state index in [1.807, 2.05) is 51.1 Å². The van der Waals surface area contributed by atoms with Crippen molar-refractivity contribution in [1.29, 1.82) is 0 Å². The summed E-state index contributed by atoms with van der Waals surface area (Å²) in [6.45, 7) is 5.71. The van der Waals surface area contributed by atoms with Crippen molar-refractivity contribution in [2.24, 2.45) is 0 Å². The van der Waals surface area contributed by atoms with Crippen molar-refractivity contribution in [1.82, 2.24) is 25.5 Å². The molecule has 0 saturated heterocycles. The molecule has 6 nitrogen and oxygen atoms in total. The van der Waals surface area contributed by atoms with E-state index in [1.54, 1.807) is 4.68 Å². The van der Waals surface area contributed by atoms with Crippen molar-refractivity contribution in [3.05, 3.63) is 30.3 Å². The first-order valence-corrected chi connectivity index (χ1v) is 7.26. The van der Waals surface area contributed by atoms with Gasteiger partial charge in [0.25, 0.3) is 0 Å². The molecule has 0 radical (unpaired) electrons. The molecular weight excluding hydrogens is 274 g/mol. The fraction of sp³-hybridized carbons (Fsp3) is 0.385. The highest BCUT2D eigenvalue weighted by Gasteiger charge is 2.19. The zero-order chi connectivity index (χ0) is 14.5. The van der Waals surface area contributed by atoms with Gasteiger partial charge in [-0.15, -0.1) is 5.10 Å². The number of nitrogens with zero attached hydrogens (tertiary/aromatic N) is 4. The highest BCUT2D eigenvalue weighted by molar-refractivity contribution is 8.00. The van der Waals surface area contributed by atoms with Crippen molar-refractivity contribution in [3.63, 3.8) is 0 Å². The number of hydrogen-bond donors (Lipinski definition) is 1. The smallest absolute Gasteiger partial charge is 0.233 e. The maximum atomic E-state index is 11.9. The van der Waals surface area contributed by atoms with Crippen molar-refractivity contribution in [2.75, 3.05) is 0 Å². The standard InChI is InChI=1S/C13H17N5OS/c1-9(2)14-12(19)10(3)20-13-15-16-17-18(13)11-7-5-4-6-8-11/h4-10H,1-3H3,(H,14,19). The number of nitrogens with one attached hydrogen (secondary N) is 1. The van der Waals surface area contributed by atoms with Crippen molar-refractivity contribution < 1.29 is 4.79 Å². The lowest BCUT2D eigenvalue weighted by molar-refractivity contribution is -0.120. The SMILES string of the molecule is CC(C)NC(=O)C(C)Sc1nnnn1-c1ccccc1. The van der Waals surface area contributed by atoms with E-state index in [2.05, 4.69) is 20.8 Å². The van der Waals surface area contributed by atoms with Gasteiger partial charge in [0.1, 0.15) is 0 Å². The Balaban J connectivity index is 2.12. The number of thioether (sulfide) groups is 1. The van der Waals surface area contributed by atoms with Crippen LogP contribution in [0.4, 0.5) is 0 Å². The fourth-order valence-corrected chi connectivity index (χ4v) is 2.41. The van der Waals surface area contributed by atoms with E-state index >= 15 is 0 Å². The number of rotatable bonds is 5. The molecule has 1 unspecified atom stereocenters. The van der Waals surface area contributed by atoms with Crippen LogP contribution in [0, 0.1) is 0 Å². The Morgan fingerprint density at radius 1 is 1.25 bits per heavy atom. The Kier molecular flexibility index (Phi) is 4.73. The van der Waals surface area contributed by atoms with Gasteiger partial charge >= 0.3 is 0 Å². The topological polar surface area (TPSA) is 72.7 Å². The van der Waals surface area contributed by atoms with Crippen LogP contribution in [0.2, 0.25) is 0 Å². The minimum atomic E-state index is -0.258. The molecule has 1 aromatic heterocycles. The molecular formula is C13H17N5OS. The van der Waals surface area contributed by atoms with Gasteiger partial charge in [0.05, 0.1) is 10.9 Å². The highest BCUT2D eigenvalue weighted by atomic mass is 32.2. The molecule has 0 spiro atoms. The number of hydrogen-bond acceptors (Lipinski definition) is 5. The quantitative estimate of drug-likeness (QED) is 0.848. The van der Waals surface area contributed by atoms with Gasteiger partial charge in [0.15, 0.2) is 0 Å². The first-order valence-electron chi connectivity index (χ1n) is 6.38. The summed E-state index contributed by atoms with van der Waals surface area (Å²) >= 11 is 1.34. The number of carbonyl (C=O) groups is 1. The molecule has 0 fully saturated rings. The van der Waals surface area contributed by atoms with E-state index in [1.165, 1.54) is 11.8 Å². The van der Waals surface area contributed by atoms with Crippen molar-refractivity contribution in [3.8, 4) is 5.69 Å². The lowest BCUT2D eigenvalue weighted by Gasteiger charge is -2.13. The Hall–Kier alpha value is -1.89. The second-order valence-electron chi connectivity index (χ2n) is 4.63. The summed E-state index contributed by atoms with van der Waals surface area (Å²) in [5.74, 6) is -0.0207. The van der Waals surface area contributed by atoms with Crippen LogP contribution in [0.3, 0.4) is 0 Å². The minimum Gasteiger partial charge on any atom is -0.353 e. The molecule has 0 saturated carbocycles. The number of tetrazole rings is 1. The molecule has 1 aromatic carbocycles. The highest BCUT2D eigenvalue weighted by Crippen LogP contribution is 2.22. The van der Waals surface area contributed by atoms with Gasteiger partial charge in [-0.05, 0) is 43.3 Å². The molecule has 1 amide bonds. The monoisotopic (exact) mass is 291 g/mol. The molecule has 20 heavy (non-hydrogen) atoms. The van der Waals surface area contributed by atoms with Gasteiger partial charge < -0.3 is 5.32 Å². The summed E-state index contributed by atoms with van der Waals surface area (Å²) in [5, 5.41) is 14.8. The zero-order valence-corrected chi connectivity index (χ0v) is 12.5. The van der Waals surface area contributed by atoms with E-state index in [0.717, 1.165) is 5.69 Å². The van der Waals surface area contributed by atoms with Crippen LogP contribution in [0.1, 0.15) is 20.8 Å². The van der Waals surface area contributed by atoms with Gasteiger partial charge in [-0.1, -0.05) is 30.0 Å². The van der Waals surface area contributed by atoms with Crippen LogP contribution in [0.15, 0.2) is 35.5 Å². The third-order valence-corrected chi connectivity index (χ3v) is 3.56. The lowest BCUT2D eigenvalue weighted by Crippen LogP contribution is -2.36. The summed E-state index contributed by atoms with van der Waals surface area (Å²) in [6.07, 6.45) is 0. The van der Waals surface area contributed by atoms with Gasteiger partial charge in [0.2, 0.25) is 11.1 Å². The average Bonchev–Trinajstić information content (AvgIpc) is 2.87. The summed E-state index contributed by atoms with van der Waals surface area (Å²) in [5.41, 5.74) is 0.872. The van der Waals surface area contributed by atoms with Crippen molar-refractivity contribution in [2.45, 2.75) is 37.2 Å². The van der Waals surface area contributed by atoms with Crippen LogP contribution < -0.4 is 5.32 Å². The lowest BCUT2D eigenvalue weighted by atomic mass is 10.3. The second kappa shape index (κ2) is 6.51. The molecule has 0 aliphatic heterocycles. The van der Waals surface area contributed by atoms with E-state index in [-0.39, 0.29) is 17.2 Å². The number of benzene rings is 1. The number of carbonyl (C=O) groups excluding carboxylic acids is 1. The molecule has 0 aliphatic carbocycles. The first kappa shape index (κ1) is 14.5. The molecule has 0 bridgehead atoms. The van der Waals surface area contributed by atoms with Crippen molar-refractivity contribution >= 4 is 17.7 Å². The molecule has 106 valence electrons. The Morgan fingerprint density at radius 3 is 2.60 bits per heavy atom. The van der Waals surface area contributed by atoms with E-state index in [4.69, 9.17) is 0 Å². The predicted molar refractivity (Wildman–Crippen MR) is 77.8 cm³/mol. The predicted octanol–water partition coefficient (Wildman–Crippen LogP) is 1.67. The number of para-hydroxylation sites is 1. The van der Waals surface area contributed by atoms with Crippen LogP contribution >= 0.6 is 11.8 Å². The van der Waals surface area contributed by atoms with Crippen LogP contribution in [-0.4, -0.2) is 37.4 Å². The van der Waals surface area contributed by atoms with Gasteiger partial charge in [-0.3, -0.25) is 4.79 Å². The van der Waals surface area contributed by atoms with Gasteiger partial charge in [0, 0.05) is 6.04 Å². The third-order valence-electron chi connectivity index (χ3n) is 2.52. The normalized spacial score (nSPS) is 12.4. The average molecular weight is 291 g/mol. The Bertz CT molecular complexity index is 569. The molecule has 1 N–H and O–H groups in total. The van der Waals surface area contributed by atoms with E-state index in [0.29, 0.717) is 5.16 Å². The molecule has 1 heterocycles. The molecule has 0 aliphatic rings. The maximum Gasteiger partial charge on any atom is 0.233 e. The van der Waals surface area contributed by atoms with E-state index < -0.39 is 0 Å².